The molecule has 1 rings (SSSR count). The molecule has 0 aliphatic heterocycles. The van der Waals surface area contributed by atoms with Crippen LogP contribution in [-0.2, 0) is 0 Å². The topological polar surface area (TPSA) is 84.4 Å². The summed E-state index contributed by atoms with van der Waals surface area (Å²) in [5, 5.41) is 1.69. The molecule has 5 nitrogen and oxygen atoms in total. The minimum Gasteiger partial charge on any atom is -0.397 e. The fraction of sp³-hybridized carbons (Fsp3) is 0.222. The Bertz CT molecular complexity index is 349. The number of hydrazine groups is 1. The van der Waals surface area contributed by atoms with Gasteiger partial charge in [-0.3, -0.25) is 4.79 Å². The molecule has 0 saturated heterocycles. The number of nitrogens with one attached hydrogen (secondary N) is 1. The lowest BCUT2D eigenvalue weighted by Gasteiger charge is -2.17. The fourth-order valence-electron chi connectivity index (χ4n) is 1.12. The zero-order valence-electron chi connectivity index (χ0n) is 8.24. The van der Waals surface area contributed by atoms with Gasteiger partial charge in [-0.15, -0.1) is 0 Å². The summed E-state index contributed by atoms with van der Waals surface area (Å²) >= 11 is 0. The molecule has 76 valence electrons. The van der Waals surface area contributed by atoms with E-state index in [0.717, 1.165) is 0 Å². The zero-order chi connectivity index (χ0) is 10.7. The molecule has 14 heavy (non-hydrogen) atoms. The number of benzene rings is 1. The zero-order valence-corrected chi connectivity index (χ0v) is 8.24. The Morgan fingerprint density at radius 2 is 2.07 bits per heavy atom. The van der Waals surface area contributed by atoms with Gasteiger partial charge in [-0.25, -0.2) is 5.01 Å². The van der Waals surface area contributed by atoms with E-state index in [9.17, 15) is 4.79 Å². The molecule has 0 aromatic heterocycles. The van der Waals surface area contributed by atoms with Crippen molar-refractivity contribution in [1.29, 1.82) is 0 Å². The highest BCUT2D eigenvalue weighted by Gasteiger charge is 2.10. The van der Waals surface area contributed by atoms with Crippen LogP contribution in [0.3, 0.4) is 0 Å². The van der Waals surface area contributed by atoms with Crippen LogP contribution in [-0.4, -0.2) is 25.0 Å². The van der Waals surface area contributed by atoms with E-state index in [4.69, 9.17) is 11.5 Å². The molecule has 0 unspecified atom stereocenters. The van der Waals surface area contributed by atoms with E-state index in [2.05, 4.69) is 5.43 Å². The predicted molar refractivity (Wildman–Crippen MR) is 56.7 cm³/mol. The normalized spacial score (nSPS) is 10.2. The molecule has 0 atom stereocenters. The lowest BCUT2D eigenvalue weighted by molar-refractivity contribution is 0.100. The number of hydrogen-bond acceptors (Lipinski definition) is 4. The second kappa shape index (κ2) is 3.97. The number of nitrogens with two attached hydrogens (primary N) is 2. The minimum atomic E-state index is -0.498. The molecule has 1 aromatic rings. The summed E-state index contributed by atoms with van der Waals surface area (Å²) in [6, 6.07) is 5.03. The summed E-state index contributed by atoms with van der Waals surface area (Å²) in [5.74, 6) is -0.498. The van der Waals surface area contributed by atoms with Gasteiger partial charge in [0.15, 0.2) is 0 Å². The van der Waals surface area contributed by atoms with Crippen molar-refractivity contribution < 1.29 is 4.79 Å². The lowest BCUT2D eigenvalue weighted by Crippen LogP contribution is -2.24. The third-order valence-electron chi connectivity index (χ3n) is 1.70. The monoisotopic (exact) mass is 194 g/mol. The molecule has 0 bridgehead atoms. The number of amides is 1. The second-order valence-electron chi connectivity index (χ2n) is 3.14. The number of carbonyl (C=O) groups is 1. The maximum Gasteiger partial charge on any atom is 0.250 e. The number of nitrogens with zero attached hydrogens (tertiary/aromatic N) is 1. The maximum atomic E-state index is 11.1. The molecule has 5 N–H and O–H groups in total. The van der Waals surface area contributed by atoms with E-state index < -0.39 is 5.91 Å². The first kappa shape index (κ1) is 10.3. The van der Waals surface area contributed by atoms with Gasteiger partial charge < -0.3 is 16.9 Å². The average Bonchev–Trinajstić information content (AvgIpc) is 2.07. The van der Waals surface area contributed by atoms with Gasteiger partial charge in [0.1, 0.15) is 0 Å². The van der Waals surface area contributed by atoms with Crippen LogP contribution in [0, 0.1) is 0 Å². The minimum absolute atomic E-state index is 0.388. The van der Waals surface area contributed by atoms with Crippen LogP contribution in [0.1, 0.15) is 10.4 Å². The largest absolute Gasteiger partial charge is 0.397 e. The third kappa shape index (κ3) is 2.14. The molecule has 5 heteroatoms. The molecule has 1 amide bonds. The number of primary amides is 1. The summed E-state index contributed by atoms with van der Waals surface area (Å²) < 4.78 is 0. The maximum absolute atomic E-state index is 11.1. The highest BCUT2D eigenvalue weighted by molar-refractivity contribution is 6.01. The first-order chi connectivity index (χ1) is 6.52. The standard InChI is InChI=1S/C9H14N4O/c1-13(2)12-8-6(9(11)14)4-3-5-7(8)10/h3-5,12H,10H2,1-2H3,(H2,11,14). The van der Waals surface area contributed by atoms with Gasteiger partial charge in [0.25, 0.3) is 5.91 Å². The Kier molecular flexibility index (Phi) is 2.93. The van der Waals surface area contributed by atoms with Crippen LogP contribution in [0.4, 0.5) is 11.4 Å². The molecule has 1 aromatic carbocycles. The summed E-state index contributed by atoms with van der Waals surface area (Å²) in [4.78, 5) is 11.1. The van der Waals surface area contributed by atoms with Crippen LogP contribution in [0.15, 0.2) is 18.2 Å². The number of para-hydroxylation sites is 1. The summed E-state index contributed by atoms with van der Waals surface area (Å²) in [5.41, 5.74) is 15.3. The van der Waals surface area contributed by atoms with Gasteiger partial charge in [-0.2, -0.15) is 0 Å². The molecule has 0 fully saturated rings. The molecule has 0 spiro atoms. The molecule has 0 aliphatic carbocycles. The van der Waals surface area contributed by atoms with E-state index in [1.54, 1.807) is 37.3 Å². The number of anilines is 2. The van der Waals surface area contributed by atoms with Crippen LogP contribution in [0.25, 0.3) is 0 Å². The molecular weight excluding hydrogens is 180 g/mol. The smallest absolute Gasteiger partial charge is 0.250 e. The third-order valence-corrected chi connectivity index (χ3v) is 1.70. The number of nitrogen functional groups attached to an aromatic ring is 1. The Balaban J connectivity index is 3.15. The van der Waals surface area contributed by atoms with Crippen LogP contribution >= 0.6 is 0 Å². The van der Waals surface area contributed by atoms with E-state index in [1.807, 2.05) is 0 Å². The first-order valence-electron chi connectivity index (χ1n) is 4.14. The van der Waals surface area contributed by atoms with E-state index in [1.165, 1.54) is 0 Å². The average molecular weight is 194 g/mol. The van der Waals surface area contributed by atoms with Crippen LogP contribution < -0.4 is 16.9 Å². The van der Waals surface area contributed by atoms with Crippen molar-refractivity contribution in [2.24, 2.45) is 5.73 Å². The van der Waals surface area contributed by atoms with Crippen molar-refractivity contribution in [3.05, 3.63) is 23.8 Å². The Labute approximate surface area is 82.6 Å². The Morgan fingerprint density at radius 3 is 2.57 bits per heavy atom. The summed E-state index contributed by atoms with van der Waals surface area (Å²) in [6.45, 7) is 0. The van der Waals surface area contributed by atoms with Crippen LogP contribution in [0.5, 0.6) is 0 Å². The second-order valence-corrected chi connectivity index (χ2v) is 3.14. The van der Waals surface area contributed by atoms with Gasteiger partial charge in [0, 0.05) is 14.1 Å². The summed E-state index contributed by atoms with van der Waals surface area (Å²) in [6.07, 6.45) is 0. The number of hydrogen-bond donors (Lipinski definition) is 3. The highest BCUT2D eigenvalue weighted by atomic mass is 16.1. The van der Waals surface area contributed by atoms with E-state index in [-0.39, 0.29) is 0 Å². The van der Waals surface area contributed by atoms with Gasteiger partial charge in [0.05, 0.1) is 16.9 Å². The summed E-state index contributed by atoms with van der Waals surface area (Å²) in [7, 11) is 3.61. The fourth-order valence-corrected chi connectivity index (χ4v) is 1.12. The number of rotatable bonds is 3. The van der Waals surface area contributed by atoms with Crippen molar-refractivity contribution in [3.8, 4) is 0 Å². The molecular formula is C9H14N4O. The van der Waals surface area contributed by atoms with Crippen LogP contribution in [0.2, 0.25) is 0 Å². The van der Waals surface area contributed by atoms with E-state index >= 15 is 0 Å². The highest BCUT2D eigenvalue weighted by Crippen LogP contribution is 2.22. The van der Waals surface area contributed by atoms with Gasteiger partial charge in [0.2, 0.25) is 0 Å². The van der Waals surface area contributed by atoms with Gasteiger partial charge >= 0.3 is 0 Å². The van der Waals surface area contributed by atoms with E-state index in [0.29, 0.717) is 16.9 Å². The first-order valence-corrected chi connectivity index (χ1v) is 4.14. The van der Waals surface area contributed by atoms with Crippen molar-refractivity contribution in [2.75, 3.05) is 25.3 Å². The van der Waals surface area contributed by atoms with Crippen molar-refractivity contribution in [3.63, 3.8) is 0 Å². The molecule has 0 radical (unpaired) electrons. The quantitative estimate of drug-likeness (QED) is 0.476. The van der Waals surface area contributed by atoms with Crippen molar-refractivity contribution in [2.45, 2.75) is 0 Å². The Morgan fingerprint density at radius 1 is 1.43 bits per heavy atom. The lowest BCUT2D eigenvalue weighted by atomic mass is 10.1. The molecule has 0 aliphatic rings. The van der Waals surface area contributed by atoms with Crippen molar-refractivity contribution in [1.82, 2.24) is 5.01 Å². The SMILES string of the molecule is CN(C)Nc1c(N)cccc1C(N)=O. The van der Waals surface area contributed by atoms with Gasteiger partial charge in [-0.1, -0.05) is 6.07 Å². The molecule has 0 heterocycles. The predicted octanol–water partition coefficient (Wildman–Crippen LogP) is 0.256. The molecule has 0 saturated carbocycles. The Hall–Kier alpha value is -1.75. The van der Waals surface area contributed by atoms with Gasteiger partial charge in [-0.05, 0) is 12.1 Å². The number of carbonyl (C=O) groups excluding carboxylic acids is 1. The van der Waals surface area contributed by atoms with Crippen molar-refractivity contribution >= 4 is 17.3 Å².